The summed E-state index contributed by atoms with van der Waals surface area (Å²) in [7, 11) is 0. The summed E-state index contributed by atoms with van der Waals surface area (Å²) < 4.78 is 43.4. The molecule has 0 unspecified atom stereocenters. The molecule has 0 heterocycles. The number of rotatable bonds is 8. The zero-order valence-electron chi connectivity index (χ0n) is 25.5. The van der Waals surface area contributed by atoms with Gasteiger partial charge < -0.3 is 24.8 Å². The molecule has 3 fully saturated rings. The third-order valence-electron chi connectivity index (χ3n) is 11.6. The van der Waals surface area contributed by atoms with Gasteiger partial charge in [-0.3, -0.25) is 24.5 Å². The van der Waals surface area contributed by atoms with Crippen LogP contribution in [0.5, 0.6) is 0 Å². The molecule has 1 aromatic carbocycles. The number of carbonyl (C=O) groups excluding carboxylic acids is 3. The Bertz CT molecular complexity index is 1590. The van der Waals surface area contributed by atoms with Crippen molar-refractivity contribution in [2.24, 2.45) is 34.0 Å². The summed E-state index contributed by atoms with van der Waals surface area (Å²) >= 11 is 0. The molecular formula is C32H35F2NO11. The number of benzene rings is 1. The molecule has 0 saturated heterocycles. The molecule has 248 valence electrons. The second-order valence-corrected chi connectivity index (χ2v) is 13.3. The van der Waals surface area contributed by atoms with Gasteiger partial charge in [0.05, 0.1) is 27.7 Å². The minimum absolute atomic E-state index is 0.0715. The number of para-hydroxylation sites is 1. The standard InChI is InChI=1S/C32H35F2NO11/c1-16-10-18-19-11-21(33)20-12-23(36)26(40)27(41)30(20,3)32(19,34)9-8-29(18,2)31(16,13-25(38)39)24(37)15-46-28(42)45-14-17-6-4-5-7-22(17)35(43)44/h4-7,12,16,18-19,21,40-41H,8-11,13-15H2,1-3H3,(H,38,39)/t16-,18-,19-,21-,29-,30+,31+,32+/m0/s1. The zero-order chi connectivity index (χ0) is 34.0. The lowest BCUT2D eigenvalue weighted by Gasteiger charge is -2.62. The van der Waals surface area contributed by atoms with Crippen molar-refractivity contribution in [2.75, 3.05) is 6.61 Å². The van der Waals surface area contributed by atoms with Crippen LogP contribution in [0.3, 0.4) is 0 Å². The number of allylic oxidation sites excluding steroid dienone is 2. The Labute approximate surface area is 262 Å². The minimum atomic E-state index is -2.35. The van der Waals surface area contributed by atoms with Crippen molar-refractivity contribution in [3.05, 3.63) is 63.1 Å². The van der Waals surface area contributed by atoms with Crippen LogP contribution in [0, 0.1) is 44.1 Å². The third-order valence-corrected chi connectivity index (χ3v) is 11.6. The molecule has 0 amide bonds. The normalized spacial score (nSPS) is 36.5. The Balaban J connectivity index is 1.42. The number of carboxylic acids is 1. The van der Waals surface area contributed by atoms with E-state index in [1.54, 1.807) is 13.8 Å². The van der Waals surface area contributed by atoms with Crippen molar-refractivity contribution in [1.29, 1.82) is 0 Å². The van der Waals surface area contributed by atoms with Crippen LogP contribution in [-0.2, 0) is 30.5 Å². The van der Waals surface area contributed by atoms with E-state index in [2.05, 4.69) is 0 Å². The first-order chi connectivity index (χ1) is 21.5. The number of nitro groups is 1. The summed E-state index contributed by atoms with van der Waals surface area (Å²) in [5.41, 5.74) is -7.80. The molecule has 0 aromatic heterocycles. The van der Waals surface area contributed by atoms with E-state index in [9.17, 15) is 44.6 Å². The van der Waals surface area contributed by atoms with Crippen LogP contribution in [0.25, 0.3) is 0 Å². The number of hydrogen-bond donors (Lipinski definition) is 3. The monoisotopic (exact) mass is 647 g/mol. The highest BCUT2D eigenvalue weighted by atomic mass is 19.1. The predicted octanol–water partition coefficient (Wildman–Crippen LogP) is 5.64. The van der Waals surface area contributed by atoms with Gasteiger partial charge in [-0.1, -0.05) is 26.0 Å². The van der Waals surface area contributed by atoms with Crippen LogP contribution in [-0.4, -0.2) is 62.4 Å². The number of ether oxygens (including phenoxy) is 2. The summed E-state index contributed by atoms with van der Waals surface area (Å²) in [6, 6.07) is 5.54. The van der Waals surface area contributed by atoms with Gasteiger partial charge in [-0.05, 0) is 67.6 Å². The van der Waals surface area contributed by atoms with E-state index >= 15 is 8.78 Å². The molecule has 1 aromatic rings. The number of fused-ring (bicyclic) bond motifs is 5. The lowest BCUT2D eigenvalue weighted by Crippen LogP contribution is -2.65. The second-order valence-electron chi connectivity index (χ2n) is 13.3. The SMILES string of the molecule is C[C@H]1C[C@H]2[C@@H]3C[C@H](F)C4=CC(=O)C(O)=C(O)[C@]4(C)[C@@]3(F)CC[C@]2(C)[C@@]1(CC(=O)O)C(=O)COC(=O)OCc1ccccc1[N+](=O)[O-]. The predicted molar refractivity (Wildman–Crippen MR) is 154 cm³/mol. The number of hydrogen-bond acceptors (Lipinski definition) is 10. The minimum Gasteiger partial charge on any atom is -0.507 e. The fourth-order valence-electron chi connectivity index (χ4n) is 9.25. The number of carbonyl (C=O) groups is 4. The molecule has 0 aliphatic heterocycles. The van der Waals surface area contributed by atoms with Gasteiger partial charge >= 0.3 is 12.1 Å². The first kappa shape index (κ1) is 33.0. The van der Waals surface area contributed by atoms with E-state index in [1.807, 2.05) is 0 Å². The highest BCUT2D eigenvalue weighted by Gasteiger charge is 2.75. The second kappa shape index (κ2) is 11.2. The number of nitro benzene ring substituents is 1. The average molecular weight is 648 g/mol. The van der Waals surface area contributed by atoms with Gasteiger partial charge in [0.1, 0.15) is 18.4 Å². The maximum absolute atomic E-state index is 17.5. The summed E-state index contributed by atoms with van der Waals surface area (Å²) in [4.78, 5) is 61.6. The van der Waals surface area contributed by atoms with Gasteiger partial charge in [-0.15, -0.1) is 0 Å². The Morgan fingerprint density at radius 2 is 1.76 bits per heavy atom. The van der Waals surface area contributed by atoms with Gasteiger partial charge in [0.25, 0.3) is 5.69 Å². The largest absolute Gasteiger partial charge is 0.509 e. The van der Waals surface area contributed by atoms with E-state index in [-0.39, 0.29) is 36.1 Å². The summed E-state index contributed by atoms with van der Waals surface area (Å²) in [5, 5.41) is 42.4. The van der Waals surface area contributed by atoms with Crippen molar-refractivity contribution in [2.45, 2.75) is 71.3 Å². The molecular weight excluding hydrogens is 612 g/mol. The lowest BCUT2D eigenvalue weighted by atomic mass is 9.43. The number of aliphatic hydroxyl groups is 2. The maximum Gasteiger partial charge on any atom is 0.509 e. The maximum atomic E-state index is 17.5. The van der Waals surface area contributed by atoms with Crippen LogP contribution in [0.4, 0.5) is 19.3 Å². The van der Waals surface area contributed by atoms with Crippen molar-refractivity contribution < 1.29 is 57.7 Å². The molecule has 4 aliphatic carbocycles. The van der Waals surface area contributed by atoms with Gasteiger partial charge in [0, 0.05) is 12.0 Å². The van der Waals surface area contributed by atoms with E-state index in [4.69, 9.17) is 9.47 Å². The number of nitrogens with zero attached hydrogens (tertiary/aromatic N) is 1. The van der Waals surface area contributed by atoms with Gasteiger partial charge in [-0.2, -0.15) is 0 Å². The highest BCUT2D eigenvalue weighted by Crippen LogP contribution is 2.74. The summed E-state index contributed by atoms with van der Waals surface area (Å²) in [5.74, 6) is -7.71. The molecule has 0 bridgehead atoms. The van der Waals surface area contributed by atoms with Crippen LogP contribution < -0.4 is 0 Å². The van der Waals surface area contributed by atoms with Crippen LogP contribution in [0.15, 0.2) is 47.4 Å². The highest BCUT2D eigenvalue weighted by molar-refractivity contribution is 6.04. The molecule has 12 nitrogen and oxygen atoms in total. The molecule has 0 spiro atoms. The Kier molecular flexibility index (Phi) is 8.01. The number of ketones is 2. The number of aliphatic hydroxyl groups excluding tert-OH is 2. The van der Waals surface area contributed by atoms with Gasteiger partial charge in [-0.25, -0.2) is 13.6 Å². The van der Waals surface area contributed by atoms with Crippen molar-refractivity contribution in [3.63, 3.8) is 0 Å². The molecule has 4 aliphatic rings. The Morgan fingerprint density at radius 1 is 1.09 bits per heavy atom. The summed E-state index contributed by atoms with van der Waals surface area (Å²) in [6.07, 6.45) is -3.72. The molecule has 3 N–H and O–H groups in total. The topological polar surface area (TPSA) is 191 Å². The van der Waals surface area contributed by atoms with Crippen LogP contribution in [0.2, 0.25) is 0 Å². The van der Waals surface area contributed by atoms with Gasteiger partial charge in [0.2, 0.25) is 11.5 Å². The Hall–Kier alpha value is -4.36. The number of aliphatic carboxylic acids is 1. The first-order valence-electron chi connectivity index (χ1n) is 14.9. The van der Waals surface area contributed by atoms with Crippen LogP contribution in [0.1, 0.15) is 58.4 Å². The molecule has 46 heavy (non-hydrogen) atoms. The van der Waals surface area contributed by atoms with E-state index in [0.717, 1.165) is 6.08 Å². The lowest BCUT2D eigenvalue weighted by molar-refractivity contribution is -0.385. The van der Waals surface area contributed by atoms with Crippen LogP contribution >= 0.6 is 0 Å². The first-order valence-corrected chi connectivity index (χ1v) is 14.9. The Morgan fingerprint density at radius 3 is 2.41 bits per heavy atom. The third kappa shape index (κ3) is 4.50. The van der Waals surface area contributed by atoms with E-state index < -0.39 is 112 Å². The smallest absolute Gasteiger partial charge is 0.507 e. The number of carboxylic acid groups (broad SMARTS) is 1. The molecule has 8 atom stereocenters. The number of alkyl halides is 2. The van der Waals surface area contributed by atoms with Crippen molar-refractivity contribution in [3.8, 4) is 0 Å². The quantitative estimate of drug-likeness (QED) is 0.180. The zero-order valence-corrected chi connectivity index (χ0v) is 25.5. The van der Waals surface area contributed by atoms with E-state index in [0.29, 0.717) is 0 Å². The van der Waals surface area contributed by atoms with Gasteiger partial charge in [0.15, 0.2) is 18.1 Å². The van der Waals surface area contributed by atoms with E-state index in [1.165, 1.54) is 31.2 Å². The molecule has 3 saturated carbocycles. The number of Topliss-reactive ketones (excluding diaryl/α,β-unsaturated/α-hetero) is 1. The number of halogens is 2. The fraction of sp³-hybridized carbons (Fsp3) is 0.562. The summed E-state index contributed by atoms with van der Waals surface area (Å²) in [6.45, 7) is 3.13. The molecule has 14 heteroatoms. The average Bonchev–Trinajstić information content (AvgIpc) is 3.22. The van der Waals surface area contributed by atoms with Crippen molar-refractivity contribution in [1.82, 2.24) is 0 Å². The fourth-order valence-corrected chi connectivity index (χ4v) is 9.25. The molecule has 5 rings (SSSR count). The van der Waals surface area contributed by atoms with Crippen molar-refractivity contribution >= 4 is 29.4 Å². The molecule has 0 radical (unpaired) electrons.